The number of benzene rings is 1. The summed E-state index contributed by atoms with van der Waals surface area (Å²) in [6.07, 6.45) is -2.46. The van der Waals surface area contributed by atoms with Gasteiger partial charge in [-0.15, -0.1) is 11.3 Å². The lowest BCUT2D eigenvalue weighted by atomic mass is 10.0. The molecule has 1 fully saturated rings. The summed E-state index contributed by atoms with van der Waals surface area (Å²) in [5.41, 5.74) is 4.39. The number of aliphatic hydroxyl groups is 3. The van der Waals surface area contributed by atoms with Crippen LogP contribution in [-0.4, -0.2) is 68.8 Å². The lowest BCUT2D eigenvalue weighted by molar-refractivity contribution is -0.0666. The molecule has 1 saturated heterocycles. The molecule has 5 atom stereocenters. The van der Waals surface area contributed by atoms with Gasteiger partial charge in [-0.3, -0.25) is 15.4 Å². The van der Waals surface area contributed by atoms with E-state index in [9.17, 15) is 24.9 Å². The van der Waals surface area contributed by atoms with Crippen LogP contribution in [0.4, 0.5) is 4.79 Å². The fourth-order valence-electron chi connectivity index (χ4n) is 3.29. The van der Waals surface area contributed by atoms with Gasteiger partial charge in [0.1, 0.15) is 18.3 Å². The highest BCUT2D eigenvalue weighted by atomic mass is 32.1. The second-order valence-corrected chi connectivity index (χ2v) is 7.81. The van der Waals surface area contributed by atoms with Crippen LogP contribution in [0.3, 0.4) is 0 Å². The molecule has 1 unspecified atom stereocenters. The fourth-order valence-corrected chi connectivity index (χ4v) is 4.36. The SMILES string of the molecule is NC1(C(=O)c2cc3ccccc3s2)C=CN([C@@H]2O[C@H](CO)[C@@H](O)[C@H]2O)C(=O)N1. The Hall–Kier alpha value is -2.34. The van der Waals surface area contributed by atoms with Crippen molar-refractivity contribution in [1.29, 1.82) is 0 Å². The standard InChI is InChI=1S/C18H19N3O6S/c19-18(15(25)12-7-9-3-1-2-4-11(9)28-12)5-6-21(17(26)20-18)16-14(24)13(23)10(8-22)27-16/h1-7,10,13-14,16,22-24H,8,19H2,(H,20,26)/t10-,13-,14-,16-,18?/m1/s1. The van der Waals surface area contributed by atoms with Crippen LogP contribution in [0.15, 0.2) is 42.6 Å². The van der Waals surface area contributed by atoms with Crippen molar-refractivity contribution in [2.45, 2.75) is 30.2 Å². The van der Waals surface area contributed by atoms with Crippen molar-refractivity contribution in [1.82, 2.24) is 10.2 Å². The maximum Gasteiger partial charge on any atom is 0.325 e. The minimum absolute atomic E-state index is 0.398. The third-order valence-corrected chi connectivity index (χ3v) is 5.98. The minimum Gasteiger partial charge on any atom is -0.394 e. The van der Waals surface area contributed by atoms with Crippen LogP contribution in [0, 0.1) is 0 Å². The molecule has 1 aromatic heterocycles. The predicted octanol–water partition coefficient (Wildman–Crippen LogP) is -0.283. The molecule has 10 heteroatoms. The zero-order chi connectivity index (χ0) is 20.1. The number of thiophene rings is 1. The van der Waals surface area contributed by atoms with Crippen LogP contribution in [0.1, 0.15) is 9.67 Å². The van der Waals surface area contributed by atoms with Crippen LogP contribution in [0.2, 0.25) is 0 Å². The number of nitrogens with one attached hydrogen (secondary N) is 1. The Morgan fingerprint density at radius 3 is 2.71 bits per heavy atom. The lowest BCUT2D eigenvalue weighted by Gasteiger charge is -2.36. The molecule has 9 nitrogen and oxygen atoms in total. The molecule has 0 bridgehead atoms. The fraction of sp³-hybridized carbons (Fsp3) is 0.333. The predicted molar refractivity (Wildman–Crippen MR) is 100 cm³/mol. The van der Waals surface area contributed by atoms with Gasteiger partial charge in [-0.05, 0) is 23.6 Å². The van der Waals surface area contributed by atoms with Gasteiger partial charge in [0.25, 0.3) is 0 Å². The van der Waals surface area contributed by atoms with E-state index in [2.05, 4.69) is 5.32 Å². The average molecular weight is 405 g/mol. The second-order valence-electron chi connectivity index (χ2n) is 6.73. The molecular weight excluding hydrogens is 386 g/mol. The average Bonchev–Trinajstić information content (AvgIpc) is 3.23. The van der Waals surface area contributed by atoms with Gasteiger partial charge < -0.3 is 25.4 Å². The summed E-state index contributed by atoms with van der Waals surface area (Å²) >= 11 is 1.27. The summed E-state index contributed by atoms with van der Waals surface area (Å²) in [7, 11) is 0. The van der Waals surface area contributed by atoms with E-state index in [0.717, 1.165) is 15.0 Å². The van der Waals surface area contributed by atoms with Crippen LogP contribution >= 0.6 is 11.3 Å². The van der Waals surface area contributed by atoms with E-state index in [0.29, 0.717) is 4.88 Å². The van der Waals surface area contributed by atoms with Crippen molar-refractivity contribution in [2.24, 2.45) is 5.73 Å². The van der Waals surface area contributed by atoms with Crippen LogP contribution in [0.25, 0.3) is 10.1 Å². The van der Waals surface area contributed by atoms with E-state index in [4.69, 9.17) is 10.5 Å². The molecule has 1 aromatic carbocycles. The third kappa shape index (κ3) is 3.00. The Labute approximate surface area is 163 Å². The quantitative estimate of drug-likeness (QED) is 0.440. The van der Waals surface area contributed by atoms with Crippen LogP contribution in [-0.2, 0) is 4.74 Å². The number of amides is 2. The Bertz CT molecular complexity index is 929. The van der Waals surface area contributed by atoms with E-state index in [1.165, 1.54) is 23.6 Å². The zero-order valence-electron chi connectivity index (χ0n) is 14.6. The number of carbonyl (C=O) groups excluding carboxylic acids is 2. The van der Waals surface area contributed by atoms with Crippen molar-refractivity contribution < 1.29 is 29.6 Å². The van der Waals surface area contributed by atoms with Crippen molar-refractivity contribution >= 4 is 33.2 Å². The maximum atomic E-state index is 12.9. The lowest BCUT2D eigenvalue weighted by Crippen LogP contribution is -2.66. The highest BCUT2D eigenvalue weighted by Crippen LogP contribution is 2.30. The highest BCUT2D eigenvalue weighted by molar-refractivity contribution is 7.20. The van der Waals surface area contributed by atoms with E-state index >= 15 is 0 Å². The number of nitrogens with zero attached hydrogens (tertiary/aromatic N) is 1. The van der Waals surface area contributed by atoms with Gasteiger partial charge in [0.05, 0.1) is 11.5 Å². The molecule has 2 aliphatic heterocycles. The monoisotopic (exact) mass is 405 g/mol. The number of ether oxygens (including phenoxy) is 1. The Morgan fingerprint density at radius 2 is 2.07 bits per heavy atom. The van der Waals surface area contributed by atoms with Crippen molar-refractivity contribution in [3.8, 4) is 0 Å². The molecule has 28 heavy (non-hydrogen) atoms. The van der Waals surface area contributed by atoms with Crippen molar-refractivity contribution in [2.75, 3.05) is 6.61 Å². The number of ketones is 1. The summed E-state index contributed by atoms with van der Waals surface area (Å²) in [6, 6.07) is 8.45. The van der Waals surface area contributed by atoms with E-state index in [-0.39, 0.29) is 0 Å². The number of carbonyl (C=O) groups is 2. The van der Waals surface area contributed by atoms with E-state index < -0.39 is 48.6 Å². The smallest absolute Gasteiger partial charge is 0.325 e. The van der Waals surface area contributed by atoms with Gasteiger partial charge in [-0.2, -0.15) is 0 Å². The number of Topliss-reactive ketones (excluding diaryl/α,β-unsaturated/α-hetero) is 1. The molecule has 6 N–H and O–H groups in total. The molecule has 0 aliphatic carbocycles. The number of aliphatic hydroxyl groups excluding tert-OH is 3. The highest BCUT2D eigenvalue weighted by Gasteiger charge is 2.49. The molecule has 2 amide bonds. The van der Waals surface area contributed by atoms with Gasteiger partial charge in [0, 0.05) is 10.9 Å². The number of hydrogen-bond acceptors (Lipinski definition) is 8. The van der Waals surface area contributed by atoms with Gasteiger partial charge in [-0.1, -0.05) is 18.2 Å². The summed E-state index contributed by atoms with van der Waals surface area (Å²) in [6.45, 7) is -0.515. The molecule has 2 aliphatic rings. The number of rotatable bonds is 4. The topological polar surface area (TPSA) is 145 Å². The Kier molecular flexibility index (Phi) is 4.70. The van der Waals surface area contributed by atoms with Crippen molar-refractivity contribution in [3.63, 3.8) is 0 Å². The maximum absolute atomic E-state index is 12.9. The van der Waals surface area contributed by atoms with Crippen LogP contribution < -0.4 is 11.1 Å². The van der Waals surface area contributed by atoms with Crippen molar-refractivity contribution in [3.05, 3.63) is 47.5 Å². The molecular formula is C18H19N3O6S. The zero-order valence-corrected chi connectivity index (χ0v) is 15.4. The first-order valence-corrected chi connectivity index (χ1v) is 9.40. The molecule has 0 radical (unpaired) electrons. The number of nitrogens with two attached hydrogens (primary N) is 1. The first-order chi connectivity index (χ1) is 13.3. The number of hydrogen-bond donors (Lipinski definition) is 5. The van der Waals surface area contributed by atoms with Gasteiger partial charge in [0.2, 0.25) is 5.78 Å². The normalized spacial score (nSPS) is 32.7. The molecule has 0 spiro atoms. The molecule has 148 valence electrons. The molecule has 2 aromatic rings. The second kappa shape index (κ2) is 6.92. The number of fused-ring (bicyclic) bond motifs is 1. The summed E-state index contributed by atoms with van der Waals surface area (Å²) in [5.74, 6) is -0.473. The largest absolute Gasteiger partial charge is 0.394 e. The molecule has 4 rings (SSSR count). The van der Waals surface area contributed by atoms with Gasteiger partial charge >= 0.3 is 6.03 Å². The first kappa shape index (κ1) is 19.0. The summed E-state index contributed by atoms with van der Waals surface area (Å²) in [5, 5.41) is 32.5. The summed E-state index contributed by atoms with van der Waals surface area (Å²) < 4.78 is 6.26. The third-order valence-electron chi connectivity index (χ3n) is 4.86. The first-order valence-electron chi connectivity index (χ1n) is 8.58. The van der Waals surface area contributed by atoms with Crippen LogP contribution in [0.5, 0.6) is 0 Å². The Morgan fingerprint density at radius 1 is 1.32 bits per heavy atom. The van der Waals surface area contributed by atoms with E-state index in [1.807, 2.05) is 24.3 Å². The summed E-state index contributed by atoms with van der Waals surface area (Å²) in [4.78, 5) is 26.9. The molecule has 3 heterocycles. The number of urea groups is 1. The Balaban J connectivity index is 1.58. The van der Waals surface area contributed by atoms with Gasteiger partial charge in [0.15, 0.2) is 11.9 Å². The van der Waals surface area contributed by atoms with Gasteiger partial charge in [-0.25, -0.2) is 4.79 Å². The van der Waals surface area contributed by atoms with E-state index in [1.54, 1.807) is 6.07 Å². The minimum atomic E-state index is -1.76. The molecule has 0 saturated carbocycles.